The zero-order chi connectivity index (χ0) is 17.2. The number of carbonyl (C=O) groups is 1. The van der Waals surface area contributed by atoms with Crippen molar-refractivity contribution >= 4 is 27.5 Å². The first-order chi connectivity index (χ1) is 11.5. The summed E-state index contributed by atoms with van der Waals surface area (Å²) < 4.78 is 28.8. The van der Waals surface area contributed by atoms with Crippen LogP contribution in [0.2, 0.25) is 0 Å². The van der Waals surface area contributed by atoms with Crippen molar-refractivity contribution in [1.82, 2.24) is 13.5 Å². The zero-order valence-electron chi connectivity index (χ0n) is 14.1. The summed E-state index contributed by atoms with van der Waals surface area (Å²) in [5.74, 6) is -0.00562. The van der Waals surface area contributed by atoms with Crippen molar-refractivity contribution in [2.75, 3.05) is 33.2 Å². The Hall–Kier alpha value is -0.960. The fourth-order valence-electron chi connectivity index (χ4n) is 3.51. The van der Waals surface area contributed by atoms with Gasteiger partial charge in [0.15, 0.2) is 0 Å². The maximum absolute atomic E-state index is 12.8. The Bertz CT molecular complexity index is 646. The largest absolute Gasteiger partial charge is 0.336 e. The molecule has 0 N–H and O–H groups in total. The van der Waals surface area contributed by atoms with Gasteiger partial charge in [-0.3, -0.25) is 4.79 Å². The van der Waals surface area contributed by atoms with Crippen LogP contribution in [-0.2, 0) is 10.2 Å². The Morgan fingerprint density at radius 2 is 1.83 bits per heavy atom. The van der Waals surface area contributed by atoms with E-state index in [-0.39, 0.29) is 11.9 Å². The first-order valence-electron chi connectivity index (χ1n) is 8.55. The third kappa shape index (κ3) is 3.66. The molecule has 1 aromatic rings. The number of hydrogen-bond donors (Lipinski definition) is 0. The molecule has 0 atom stereocenters. The molecular formula is C16H25N3O3S2. The minimum absolute atomic E-state index is 0.00562. The third-order valence-electron chi connectivity index (χ3n) is 5.07. The fourth-order valence-corrected chi connectivity index (χ4v) is 5.71. The lowest BCUT2D eigenvalue weighted by molar-refractivity contribution is 0.0693. The second-order valence-electron chi connectivity index (χ2n) is 6.52. The normalized spacial score (nSPS) is 21.3. The standard InChI is InChI=1S/C16H25N3O3S2/c1-17(15-5-3-2-4-6-15)24(21,22)19-10-8-18(9-11-19)16(20)14-7-12-23-13-14/h7,12-13,15H,2-6,8-11H2,1H3. The molecule has 1 saturated heterocycles. The summed E-state index contributed by atoms with van der Waals surface area (Å²) in [6.45, 7) is 1.64. The van der Waals surface area contributed by atoms with E-state index < -0.39 is 10.2 Å². The van der Waals surface area contributed by atoms with E-state index in [1.165, 1.54) is 22.1 Å². The average Bonchev–Trinajstić information content (AvgIpc) is 3.16. The molecule has 6 nitrogen and oxygen atoms in total. The molecule has 1 aliphatic carbocycles. The monoisotopic (exact) mass is 371 g/mol. The van der Waals surface area contributed by atoms with Gasteiger partial charge in [0.1, 0.15) is 0 Å². The highest BCUT2D eigenvalue weighted by Gasteiger charge is 2.35. The van der Waals surface area contributed by atoms with Crippen LogP contribution in [0, 0.1) is 0 Å². The van der Waals surface area contributed by atoms with E-state index in [0.29, 0.717) is 31.7 Å². The molecule has 134 valence electrons. The summed E-state index contributed by atoms with van der Waals surface area (Å²) >= 11 is 1.50. The van der Waals surface area contributed by atoms with Gasteiger partial charge in [-0.15, -0.1) is 0 Å². The zero-order valence-corrected chi connectivity index (χ0v) is 15.7. The van der Waals surface area contributed by atoms with E-state index in [4.69, 9.17) is 0 Å². The molecule has 2 fully saturated rings. The van der Waals surface area contributed by atoms with Gasteiger partial charge in [-0.1, -0.05) is 19.3 Å². The molecule has 0 aromatic carbocycles. The number of rotatable bonds is 4. The van der Waals surface area contributed by atoms with Crippen molar-refractivity contribution < 1.29 is 13.2 Å². The molecule has 3 rings (SSSR count). The minimum atomic E-state index is -3.43. The Morgan fingerprint density at radius 1 is 1.17 bits per heavy atom. The van der Waals surface area contributed by atoms with Gasteiger partial charge < -0.3 is 4.90 Å². The van der Waals surface area contributed by atoms with Crippen molar-refractivity contribution in [2.45, 2.75) is 38.1 Å². The van der Waals surface area contributed by atoms with Crippen LogP contribution in [0.5, 0.6) is 0 Å². The number of hydrogen-bond acceptors (Lipinski definition) is 4. The molecular weight excluding hydrogens is 346 g/mol. The lowest BCUT2D eigenvalue weighted by Gasteiger charge is -2.38. The van der Waals surface area contributed by atoms with Crippen LogP contribution < -0.4 is 0 Å². The molecule has 1 saturated carbocycles. The number of carbonyl (C=O) groups excluding carboxylic acids is 1. The molecule has 0 radical (unpaired) electrons. The second-order valence-corrected chi connectivity index (χ2v) is 9.29. The Balaban J connectivity index is 1.59. The van der Waals surface area contributed by atoms with Gasteiger partial charge in [0.2, 0.25) is 0 Å². The highest BCUT2D eigenvalue weighted by Crippen LogP contribution is 2.25. The smallest absolute Gasteiger partial charge is 0.282 e. The summed E-state index contributed by atoms with van der Waals surface area (Å²) in [4.78, 5) is 14.1. The van der Waals surface area contributed by atoms with Crippen LogP contribution in [-0.4, -0.2) is 67.1 Å². The van der Waals surface area contributed by atoms with Crippen LogP contribution in [0.1, 0.15) is 42.5 Å². The highest BCUT2D eigenvalue weighted by molar-refractivity contribution is 7.86. The molecule has 0 unspecified atom stereocenters. The SMILES string of the molecule is CN(C1CCCCC1)S(=O)(=O)N1CCN(C(=O)c2ccsc2)CC1. The predicted molar refractivity (Wildman–Crippen MR) is 95.4 cm³/mol. The Labute approximate surface area is 148 Å². The molecule has 1 amide bonds. The van der Waals surface area contributed by atoms with Crippen LogP contribution in [0.25, 0.3) is 0 Å². The molecule has 2 aliphatic rings. The lowest BCUT2D eigenvalue weighted by Crippen LogP contribution is -2.55. The maximum atomic E-state index is 12.8. The molecule has 24 heavy (non-hydrogen) atoms. The van der Waals surface area contributed by atoms with Crippen LogP contribution in [0.15, 0.2) is 16.8 Å². The first-order valence-corrected chi connectivity index (χ1v) is 10.9. The summed E-state index contributed by atoms with van der Waals surface area (Å²) in [5.41, 5.74) is 0.690. The maximum Gasteiger partial charge on any atom is 0.282 e. The van der Waals surface area contributed by atoms with E-state index in [1.807, 2.05) is 16.8 Å². The molecule has 2 heterocycles. The van der Waals surface area contributed by atoms with E-state index in [1.54, 1.807) is 16.3 Å². The van der Waals surface area contributed by atoms with E-state index >= 15 is 0 Å². The summed E-state index contributed by atoms with van der Waals surface area (Å²) in [6.07, 6.45) is 5.31. The van der Waals surface area contributed by atoms with Gasteiger partial charge in [-0.05, 0) is 24.3 Å². The summed E-state index contributed by atoms with van der Waals surface area (Å²) in [5, 5.41) is 3.72. The number of nitrogens with zero attached hydrogens (tertiary/aromatic N) is 3. The summed E-state index contributed by atoms with van der Waals surface area (Å²) in [6, 6.07) is 1.93. The first kappa shape index (κ1) is 17.8. The topological polar surface area (TPSA) is 60.9 Å². The van der Waals surface area contributed by atoms with Gasteiger partial charge in [-0.25, -0.2) is 0 Å². The summed E-state index contributed by atoms with van der Waals surface area (Å²) in [7, 11) is -1.73. The quantitative estimate of drug-likeness (QED) is 0.813. The van der Waals surface area contributed by atoms with Crippen molar-refractivity contribution in [3.63, 3.8) is 0 Å². The fraction of sp³-hybridized carbons (Fsp3) is 0.688. The minimum Gasteiger partial charge on any atom is -0.336 e. The third-order valence-corrected chi connectivity index (χ3v) is 7.80. The predicted octanol–water partition coefficient (Wildman–Crippen LogP) is 2.02. The van der Waals surface area contributed by atoms with E-state index in [9.17, 15) is 13.2 Å². The second kappa shape index (κ2) is 7.51. The Kier molecular flexibility index (Phi) is 5.59. The molecule has 8 heteroatoms. The Morgan fingerprint density at radius 3 is 2.42 bits per heavy atom. The average molecular weight is 372 g/mol. The van der Waals surface area contributed by atoms with E-state index in [0.717, 1.165) is 25.7 Å². The molecule has 1 aromatic heterocycles. The van der Waals surface area contributed by atoms with Gasteiger partial charge >= 0.3 is 0 Å². The number of piperazine rings is 1. The van der Waals surface area contributed by atoms with Crippen LogP contribution in [0.4, 0.5) is 0 Å². The van der Waals surface area contributed by atoms with Gasteiger partial charge in [0.25, 0.3) is 16.1 Å². The number of amides is 1. The molecule has 0 bridgehead atoms. The molecule has 1 aliphatic heterocycles. The van der Waals surface area contributed by atoms with Gasteiger partial charge in [0.05, 0.1) is 5.56 Å². The number of thiophene rings is 1. The van der Waals surface area contributed by atoms with Crippen molar-refractivity contribution in [3.05, 3.63) is 22.4 Å². The van der Waals surface area contributed by atoms with Crippen LogP contribution >= 0.6 is 11.3 Å². The van der Waals surface area contributed by atoms with Gasteiger partial charge in [0, 0.05) is 44.6 Å². The van der Waals surface area contributed by atoms with Crippen LogP contribution in [0.3, 0.4) is 0 Å². The molecule has 0 spiro atoms. The highest BCUT2D eigenvalue weighted by atomic mass is 32.2. The van der Waals surface area contributed by atoms with Gasteiger partial charge in [-0.2, -0.15) is 28.4 Å². The van der Waals surface area contributed by atoms with Crippen molar-refractivity contribution in [2.24, 2.45) is 0 Å². The lowest BCUT2D eigenvalue weighted by atomic mass is 9.96. The van der Waals surface area contributed by atoms with Crippen molar-refractivity contribution in [1.29, 1.82) is 0 Å². The van der Waals surface area contributed by atoms with E-state index in [2.05, 4.69) is 0 Å². The van der Waals surface area contributed by atoms with Crippen molar-refractivity contribution in [3.8, 4) is 0 Å².